The van der Waals surface area contributed by atoms with Crippen molar-refractivity contribution in [2.24, 2.45) is 0 Å². The summed E-state index contributed by atoms with van der Waals surface area (Å²) in [6.07, 6.45) is 0. The van der Waals surface area contributed by atoms with Crippen LogP contribution in [0, 0.1) is 0 Å². The van der Waals surface area contributed by atoms with Gasteiger partial charge >= 0.3 is 0 Å². The number of hydrogen-bond donors (Lipinski definition) is 0. The van der Waals surface area contributed by atoms with Crippen LogP contribution in [0.15, 0.2) is 182 Å². The minimum Gasteiger partial charge on any atom is -0.294 e. The quantitative estimate of drug-likeness (QED) is 0.179. The fraction of sp³-hybridized carbons (Fsp3) is 0.0200. The fourth-order valence-corrected chi connectivity index (χ4v) is 10.7. The Bertz CT molecular complexity index is 3040. The molecule has 0 radical (unpaired) electrons. The minimum atomic E-state index is -0.464. The third-order valence-corrected chi connectivity index (χ3v) is 12.7. The van der Waals surface area contributed by atoms with Crippen molar-refractivity contribution in [3.63, 3.8) is 0 Å². The summed E-state index contributed by atoms with van der Waals surface area (Å²) in [6, 6.07) is 67.1. The Morgan fingerprint density at radius 3 is 1.68 bits per heavy atom. The van der Waals surface area contributed by atoms with Gasteiger partial charge in [0.2, 0.25) is 0 Å². The molecule has 1 aliphatic heterocycles. The lowest BCUT2D eigenvalue weighted by molar-refractivity contribution is 0.751. The number of para-hydroxylation sites is 2. The molecule has 3 heteroatoms. The van der Waals surface area contributed by atoms with Gasteiger partial charge in [0, 0.05) is 31.1 Å². The van der Waals surface area contributed by atoms with Crippen molar-refractivity contribution in [2.45, 2.75) is 5.41 Å². The summed E-state index contributed by atoms with van der Waals surface area (Å²) in [6.45, 7) is 0. The summed E-state index contributed by atoms with van der Waals surface area (Å²) in [4.78, 5) is 8.07. The second kappa shape index (κ2) is 10.7. The summed E-state index contributed by atoms with van der Waals surface area (Å²) in [5.74, 6) is 0.915. The smallest absolute Gasteiger partial charge is 0.138 e. The molecule has 1 aliphatic carbocycles. The molecule has 53 heavy (non-hydrogen) atoms. The van der Waals surface area contributed by atoms with Gasteiger partial charge < -0.3 is 0 Å². The van der Waals surface area contributed by atoms with Crippen LogP contribution >= 0.6 is 11.3 Å². The zero-order valence-electron chi connectivity index (χ0n) is 28.6. The molecule has 0 bridgehead atoms. The first kappa shape index (κ1) is 29.1. The number of pyridine rings is 1. The number of anilines is 3. The van der Waals surface area contributed by atoms with Crippen LogP contribution in [0.4, 0.5) is 17.2 Å². The van der Waals surface area contributed by atoms with E-state index in [1.54, 1.807) is 0 Å². The van der Waals surface area contributed by atoms with Gasteiger partial charge in [0.05, 0.1) is 22.5 Å². The molecule has 2 aliphatic rings. The molecule has 2 aromatic heterocycles. The van der Waals surface area contributed by atoms with Crippen molar-refractivity contribution in [1.29, 1.82) is 0 Å². The Kier molecular flexibility index (Phi) is 5.89. The van der Waals surface area contributed by atoms with Gasteiger partial charge in [-0.05, 0) is 85.9 Å². The Balaban J connectivity index is 1.20. The molecule has 3 heterocycles. The van der Waals surface area contributed by atoms with E-state index >= 15 is 0 Å². The third kappa shape index (κ3) is 3.84. The van der Waals surface area contributed by atoms with Crippen LogP contribution in [0.3, 0.4) is 0 Å². The van der Waals surface area contributed by atoms with Crippen molar-refractivity contribution in [1.82, 2.24) is 4.98 Å². The van der Waals surface area contributed by atoms with E-state index in [9.17, 15) is 0 Å². The average Bonchev–Trinajstić information content (AvgIpc) is 3.74. The Morgan fingerprint density at radius 2 is 1.00 bits per heavy atom. The molecule has 0 N–H and O–H groups in total. The number of benzene rings is 8. The second-order valence-corrected chi connectivity index (χ2v) is 15.3. The van der Waals surface area contributed by atoms with Crippen LogP contribution in [0.25, 0.3) is 64.1 Å². The van der Waals surface area contributed by atoms with Crippen molar-refractivity contribution in [3.8, 4) is 22.4 Å². The maximum atomic E-state index is 5.65. The van der Waals surface area contributed by atoms with Crippen LogP contribution < -0.4 is 4.90 Å². The van der Waals surface area contributed by atoms with E-state index in [2.05, 4.69) is 187 Å². The summed E-state index contributed by atoms with van der Waals surface area (Å²) in [5.41, 5.74) is 11.7. The SMILES string of the molecule is c1ccc(-c2nc(N3c4ccccc4C4(c5ccccc5-c5ccccc54)c4ccccc43)cc3c2ccc2sc4cc5ccccc5cc4c23)cc1. The molecule has 0 unspecified atom stereocenters. The normalized spacial score (nSPS) is 13.8. The van der Waals surface area contributed by atoms with Crippen molar-refractivity contribution >= 4 is 70.2 Å². The minimum absolute atomic E-state index is 0.464. The zero-order chi connectivity index (χ0) is 34.7. The van der Waals surface area contributed by atoms with Crippen LogP contribution in [-0.4, -0.2) is 4.98 Å². The maximum absolute atomic E-state index is 5.65. The number of nitrogens with zero attached hydrogens (tertiary/aromatic N) is 2. The highest BCUT2D eigenvalue weighted by Crippen LogP contribution is 2.63. The Hall–Kier alpha value is -6.55. The molecular weight excluding hydrogens is 661 g/mol. The van der Waals surface area contributed by atoms with E-state index in [4.69, 9.17) is 4.98 Å². The van der Waals surface area contributed by atoms with E-state index in [-0.39, 0.29) is 0 Å². The molecule has 0 fully saturated rings. The van der Waals surface area contributed by atoms with E-state index in [1.807, 2.05) is 11.3 Å². The third-order valence-electron chi connectivity index (χ3n) is 11.6. The first-order valence-electron chi connectivity index (χ1n) is 18.2. The number of fused-ring (bicyclic) bond motifs is 15. The van der Waals surface area contributed by atoms with E-state index in [0.29, 0.717) is 0 Å². The van der Waals surface area contributed by atoms with Gasteiger partial charge in [-0.25, -0.2) is 4.98 Å². The molecule has 0 saturated carbocycles. The number of aromatic nitrogens is 1. The summed E-state index contributed by atoms with van der Waals surface area (Å²) < 4.78 is 2.59. The van der Waals surface area contributed by atoms with Gasteiger partial charge in [-0.3, -0.25) is 4.90 Å². The van der Waals surface area contributed by atoms with Crippen molar-refractivity contribution < 1.29 is 0 Å². The topological polar surface area (TPSA) is 16.1 Å². The molecule has 12 rings (SSSR count). The van der Waals surface area contributed by atoms with Gasteiger partial charge in [-0.2, -0.15) is 0 Å². The monoisotopic (exact) mass is 690 g/mol. The molecule has 10 aromatic rings. The molecule has 0 saturated heterocycles. The molecule has 2 nitrogen and oxygen atoms in total. The predicted molar refractivity (Wildman–Crippen MR) is 223 cm³/mol. The Labute approximate surface area is 310 Å². The molecule has 8 aromatic carbocycles. The lowest BCUT2D eigenvalue weighted by atomic mass is 9.65. The molecule has 246 valence electrons. The van der Waals surface area contributed by atoms with Gasteiger partial charge in [0.1, 0.15) is 5.82 Å². The lowest BCUT2D eigenvalue weighted by Gasteiger charge is -2.44. The lowest BCUT2D eigenvalue weighted by Crippen LogP contribution is -2.36. The maximum Gasteiger partial charge on any atom is 0.138 e. The van der Waals surface area contributed by atoms with E-state index in [0.717, 1.165) is 33.8 Å². The second-order valence-electron chi connectivity index (χ2n) is 14.2. The van der Waals surface area contributed by atoms with Gasteiger partial charge in [0.25, 0.3) is 0 Å². The van der Waals surface area contributed by atoms with Crippen LogP contribution in [0.2, 0.25) is 0 Å². The number of thiophene rings is 1. The molecule has 0 atom stereocenters. The van der Waals surface area contributed by atoms with Gasteiger partial charge in [0.15, 0.2) is 0 Å². The van der Waals surface area contributed by atoms with E-state index in [1.165, 1.54) is 69.7 Å². The molecule has 0 amide bonds. The molecular formula is C50H30N2S. The summed E-state index contributed by atoms with van der Waals surface area (Å²) in [7, 11) is 0. The first-order chi connectivity index (χ1) is 26.3. The average molecular weight is 691 g/mol. The Morgan fingerprint density at radius 1 is 0.434 bits per heavy atom. The summed E-state index contributed by atoms with van der Waals surface area (Å²) in [5, 5.41) is 7.50. The standard InChI is InChI=1S/C50H30N2S/c1-2-14-31(15-3-1)49-36-26-27-45-48(38-28-32-16-4-5-17-33(32)29-46(38)53-45)37(36)30-47(51-49)52-43-24-12-10-22-41(43)50(42-23-11-13-25-44(42)52)39-20-8-6-18-34(39)35-19-7-9-21-40(35)50/h1-30H. The predicted octanol–water partition coefficient (Wildman–Crippen LogP) is 13.6. The van der Waals surface area contributed by atoms with Crippen molar-refractivity contribution in [3.05, 3.63) is 204 Å². The summed E-state index contributed by atoms with van der Waals surface area (Å²) >= 11 is 1.88. The van der Waals surface area contributed by atoms with Crippen LogP contribution in [-0.2, 0) is 5.41 Å². The van der Waals surface area contributed by atoms with E-state index < -0.39 is 5.41 Å². The van der Waals surface area contributed by atoms with Gasteiger partial charge in [-0.15, -0.1) is 11.3 Å². The zero-order valence-corrected chi connectivity index (χ0v) is 29.4. The highest BCUT2D eigenvalue weighted by Gasteiger charge is 2.51. The fourth-order valence-electron chi connectivity index (χ4n) is 9.51. The van der Waals surface area contributed by atoms with Crippen LogP contribution in [0.5, 0.6) is 0 Å². The van der Waals surface area contributed by atoms with Crippen LogP contribution in [0.1, 0.15) is 22.3 Å². The van der Waals surface area contributed by atoms with Gasteiger partial charge in [-0.1, -0.05) is 146 Å². The highest BCUT2D eigenvalue weighted by atomic mass is 32.1. The highest BCUT2D eigenvalue weighted by molar-refractivity contribution is 7.26. The molecule has 1 spiro atoms. The number of rotatable bonds is 2. The van der Waals surface area contributed by atoms with Crippen molar-refractivity contribution in [2.75, 3.05) is 4.90 Å². The largest absolute Gasteiger partial charge is 0.294 e. The number of hydrogen-bond acceptors (Lipinski definition) is 3. The first-order valence-corrected chi connectivity index (χ1v) is 19.0.